The molecular weight excluding hydrogens is 174 g/mol. The van der Waals surface area contributed by atoms with Crippen LogP contribution in [0.15, 0.2) is 30.3 Å². The van der Waals surface area contributed by atoms with Gasteiger partial charge in [-0.1, -0.05) is 30.3 Å². The maximum atomic E-state index is 8.87. The maximum absolute atomic E-state index is 8.87. The van der Waals surface area contributed by atoms with Gasteiger partial charge in [0.05, 0.1) is 0 Å². The van der Waals surface area contributed by atoms with E-state index < -0.39 is 0 Å². The van der Waals surface area contributed by atoms with Gasteiger partial charge in [0.1, 0.15) is 0 Å². The zero-order valence-electron chi connectivity index (χ0n) is 8.32. The van der Waals surface area contributed by atoms with Crippen molar-refractivity contribution in [2.75, 3.05) is 13.2 Å². The molecule has 2 atom stereocenters. The first-order valence-electron chi connectivity index (χ1n) is 5.25. The fourth-order valence-electron chi connectivity index (χ4n) is 1.78. The van der Waals surface area contributed by atoms with Crippen LogP contribution in [0, 0.1) is 11.8 Å². The Morgan fingerprint density at radius 1 is 1.21 bits per heavy atom. The summed E-state index contributed by atoms with van der Waals surface area (Å²) in [5, 5.41) is 12.3. The van der Waals surface area contributed by atoms with E-state index >= 15 is 0 Å². The molecule has 0 aliphatic heterocycles. The average molecular weight is 191 g/mol. The van der Waals surface area contributed by atoms with Gasteiger partial charge in [0.25, 0.3) is 0 Å². The maximum Gasteiger partial charge on any atom is 0.0462 e. The van der Waals surface area contributed by atoms with Crippen LogP contribution in [0.5, 0.6) is 0 Å². The molecule has 0 unspecified atom stereocenters. The van der Waals surface area contributed by atoms with Crippen LogP contribution in [0.1, 0.15) is 12.0 Å². The normalized spacial score (nSPS) is 24.9. The fraction of sp³-hybridized carbons (Fsp3) is 0.500. The van der Waals surface area contributed by atoms with Gasteiger partial charge >= 0.3 is 0 Å². The molecule has 2 nitrogen and oxygen atoms in total. The van der Waals surface area contributed by atoms with Crippen LogP contribution in [0.25, 0.3) is 0 Å². The second-order valence-corrected chi connectivity index (χ2v) is 4.05. The molecule has 14 heavy (non-hydrogen) atoms. The highest BCUT2D eigenvalue weighted by atomic mass is 16.3. The van der Waals surface area contributed by atoms with Gasteiger partial charge in [0.2, 0.25) is 0 Å². The molecule has 0 aromatic heterocycles. The Morgan fingerprint density at radius 3 is 2.64 bits per heavy atom. The number of rotatable bonds is 5. The van der Waals surface area contributed by atoms with Crippen LogP contribution in [0.2, 0.25) is 0 Å². The molecule has 2 heteroatoms. The summed E-state index contributed by atoms with van der Waals surface area (Å²) in [6.07, 6.45) is 1.19. The first-order valence-corrected chi connectivity index (χ1v) is 5.25. The van der Waals surface area contributed by atoms with E-state index in [0.717, 1.165) is 13.1 Å². The minimum absolute atomic E-state index is 0.359. The van der Waals surface area contributed by atoms with E-state index in [0.29, 0.717) is 18.4 Å². The highest BCUT2D eigenvalue weighted by Gasteiger charge is 2.35. The Hall–Kier alpha value is -0.860. The van der Waals surface area contributed by atoms with Crippen molar-refractivity contribution in [2.45, 2.75) is 13.0 Å². The lowest BCUT2D eigenvalue weighted by Crippen LogP contribution is -2.17. The zero-order chi connectivity index (χ0) is 9.80. The highest BCUT2D eigenvalue weighted by molar-refractivity contribution is 5.14. The van der Waals surface area contributed by atoms with Gasteiger partial charge < -0.3 is 10.4 Å². The van der Waals surface area contributed by atoms with Gasteiger partial charge in [-0.15, -0.1) is 0 Å². The van der Waals surface area contributed by atoms with Crippen LogP contribution in [0.4, 0.5) is 0 Å². The number of nitrogens with one attached hydrogen (secondary N) is 1. The van der Waals surface area contributed by atoms with Crippen molar-refractivity contribution in [3.63, 3.8) is 0 Å². The summed E-state index contributed by atoms with van der Waals surface area (Å²) in [5.41, 5.74) is 1.33. The average Bonchev–Trinajstić information content (AvgIpc) is 2.98. The molecule has 0 radical (unpaired) electrons. The molecule has 2 N–H and O–H groups in total. The minimum atomic E-state index is 0.359. The highest BCUT2D eigenvalue weighted by Crippen LogP contribution is 2.36. The second kappa shape index (κ2) is 4.58. The Labute approximate surface area is 85.0 Å². The monoisotopic (exact) mass is 191 g/mol. The summed E-state index contributed by atoms with van der Waals surface area (Å²) in [4.78, 5) is 0. The van der Waals surface area contributed by atoms with Crippen molar-refractivity contribution >= 4 is 0 Å². The Morgan fingerprint density at radius 2 is 2.00 bits per heavy atom. The molecule has 1 aliphatic rings. The van der Waals surface area contributed by atoms with Crippen molar-refractivity contribution in [3.05, 3.63) is 35.9 Å². The lowest BCUT2D eigenvalue weighted by atomic mass is 10.2. The molecule has 0 amide bonds. The summed E-state index contributed by atoms with van der Waals surface area (Å²) in [5.74, 6) is 1.28. The van der Waals surface area contributed by atoms with E-state index in [4.69, 9.17) is 5.11 Å². The zero-order valence-corrected chi connectivity index (χ0v) is 8.32. The van der Waals surface area contributed by atoms with Crippen molar-refractivity contribution in [2.24, 2.45) is 11.8 Å². The van der Waals surface area contributed by atoms with Crippen LogP contribution < -0.4 is 5.32 Å². The van der Waals surface area contributed by atoms with E-state index in [1.165, 1.54) is 12.0 Å². The summed E-state index contributed by atoms with van der Waals surface area (Å²) >= 11 is 0. The van der Waals surface area contributed by atoms with Crippen LogP contribution >= 0.6 is 0 Å². The van der Waals surface area contributed by atoms with Crippen molar-refractivity contribution < 1.29 is 5.11 Å². The van der Waals surface area contributed by atoms with Crippen LogP contribution in [-0.4, -0.2) is 18.3 Å². The van der Waals surface area contributed by atoms with Crippen molar-refractivity contribution in [1.82, 2.24) is 5.32 Å². The van der Waals surface area contributed by atoms with E-state index in [-0.39, 0.29) is 0 Å². The van der Waals surface area contributed by atoms with E-state index in [2.05, 4.69) is 29.6 Å². The lowest BCUT2D eigenvalue weighted by Gasteiger charge is -2.03. The third kappa shape index (κ3) is 2.56. The van der Waals surface area contributed by atoms with Gasteiger partial charge in [-0.2, -0.15) is 0 Å². The molecule has 0 spiro atoms. The SMILES string of the molecule is OC[C@@H]1C[C@H]1CNCc1ccccc1. The standard InChI is InChI=1S/C12H17NO/c14-9-12-6-11(12)8-13-7-10-4-2-1-3-5-10/h1-5,11-14H,6-9H2/t11-,12-/m0/s1. The Bertz CT molecular complexity index is 273. The number of hydrogen-bond donors (Lipinski definition) is 2. The quantitative estimate of drug-likeness (QED) is 0.737. The van der Waals surface area contributed by atoms with Crippen LogP contribution in [-0.2, 0) is 6.54 Å². The third-order valence-electron chi connectivity index (χ3n) is 2.88. The summed E-state index contributed by atoms with van der Waals surface area (Å²) in [6, 6.07) is 10.4. The third-order valence-corrected chi connectivity index (χ3v) is 2.88. The second-order valence-electron chi connectivity index (χ2n) is 4.05. The number of hydrogen-bond acceptors (Lipinski definition) is 2. The fourth-order valence-corrected chi connectivity index (χ4v) is 1.78. The molecule has 76 valence electrons. The number of benzene rings is 1. The van der Waals surface area contributed by atoms with E-state index in [9.17, 15) is 0 Å². The first kappa shape index (κ1) is 9.69. The van der Waals surface area contributed by atoms with E-state index in [1.54, 1.807) is 0 Å². The predicted octanol–water partition coefficient (Wildman–Crippen LogP) is 1.40. The number of aliphatic hydroxyl groups is 1. The van der Waals surface area contributed by atoms with Crippen molar-refractivity contribution in [1.29, 1.82) is 0 Å². The Balaban J connectivity index is 1.64. The molecule has 1 aromatic rings. The first-order chi connectivity index (χ1) is 6.90. The molecule has 0 bridgehead atoms. The van der Waals surface area contributed by atoms with Gasteiger partial charge in [-0.3, -0.25) is 0 Å². The largest absolute Gasteiger partial charge is 0.396 e. The smallest absolute Gasteiger partial charge is 0.0462 e. The minimum Gasteiger partial charge on any atom is -0.396 e. The van der Waals surface area contributed by atoms with Gasteiger partial charge in [0.15, 0.2) is 0 Å². The summed E-state index contributed by atoms with van der Waals surface area (Å²) < 4.78 is 0. The molecule has 2 rings (SSSR count). The van der Waals surface area contributed by atoms with E-state index in [1.807, 2.05) is 6.07 Å². The van der Waals surface area contributed by atoms with Gasteiger partial charge in [-0.05, 0) is 30.4 Å². The van der Waals surface area contributed by atoms with Gasteiger partial charge in [0, 0.05) is 13.2 Å². The molecule has 1 fully saturated rings. The molecule has 1 aromatic carbocycles. The van der Waals surface area contributed by atoms with Crippen LogP contribution in [0.3, 0.4) is 0 Å². The molecule has 0 heterocycles. The summed E-state index contributed by atoms with van der Waals surface area (Å²) in [6.45, 7) is 2.34. The Kier molecular flexibility index (Phi) is 3.17. The topological polar surface area (TPSA) is 32.3 Å². The lowest BCUT2D eigenvalue weighted by molar-refractivity contribution is 0.268. The molecule has 0 saturated heterocycles. The van der Waals surface area contributed by atoms with Gasteiger partial charge in [-0.25, -0.2) is 0 Å². The predicted molar refractivity (Wildman–Crippen MR) is 56.8 cm³/mol. The molecule has 1 aliphatic carbocycles. The summed E-state index contributed by atoms with van der Waals surface area (Å²) in [7, 11) is 0. The van der Waals surface area contributed by atoms with Crippen molar-refractivity contribution in [3.8, 4) is 0 Å². The number of aliphatic hydroxyl groups excluding tert-OH is 1. The molecule has 1 saturated carbocycles. The molecular formula is C12H17NO.